The first-order chi connectivity index (χ1) is 18.1. The second kappa shape index (κ2) is 12.0. The molecule has 0 aliphatic carbocycles. The largest absolute Gasteiger partial charge is 0.456 e. The summed E-state index contributed by atoms with van der Waals surface area (Å²) in [6.07, 6.45) is 0.140. The van der Waals surface area contributed by atoms with Crippen molar-refractivity contribution < 1.29 is 22.3 Å². The number of amides is 1. The van der Waals surface area contributed by atoms with Crippen molar-refractivity contribution >= 4 is 56.4 Å². The number of anilines is 1. The summed E-state index contributed by atoms with van der Waals surface area (Å²) in [6, 6.07) is 21.1. The number of rotatable bonds is 9. The fraction of sp³-hybridized carbons (Fsp3) is 0.0741. The van der Waals surface area contributed by atoms with Crippen LogP contribution < -0.4 is 14.8 Å². The lowest BCUT2D eigenvalue weighted by Crippen LogP contribution is -2.27. The molecule has 0 saturated heterocycles. The smallest absolute Gasteiger partial charge is 0.261 e. The number of nitrogens with one attached hydrogen (secondary N) is 2. The number of benzene rings is 4. The minimum Gasteiger partial charge on any atom is -0.456 e. The summed E-state index contributed by atoms with van der Waals surface area (Å²) < 4.78 is 48.3. The Hall–Kier alpha value is -3.30. The first-order valence-corrected chi connectivity index (χ1v) is 13.8. The average molecular weight is 594 g/mol. The molecule has 4 rings (SSSR count). The Bertz CT molecular complexity index is 1560. The first-order valence-electron chi connectivity index (χ1n) is 11.2. The zero-order valence-electron chi connectivity index (χ0n) is 19.6. The highest BCUT2D eigenvalue weighted by Crippen LogP contribution is 2.30. The quantitative estimate of drug-likeness (QED) is 0.212. The predicted molar refractivity (Wildman–Crippen MR) is 148 cm³/mol. The van der Waals surface area contributed by atoms with Gasteiger partial charge in [0.1, 0.15) is 17.3 Å². The molecule has 0 radical (unpaired) electrons. The molecule has 0 fully saturated rings. The van der Waals surface area contributed by atoms with E-state index in [9.17, 15) is 17.6 Å². The summed E-state index contributed by atoms with van der Waals surface area (Å²) in [4.78, 5) is 12.8. The fourth-order valence-corrected chi connectivity index (χ4v) is 5.19. The zero-order chi connectivity index (χ0) is 27.3. The maximum absolute atomic E-state index is 14.0. The average Bonchev–Trinajstić information content (AvgIpc) is 2.88. The predicted octanol–water partition coefficient (Wildman–Crippen LogP) is 7.35. The van der Waals surface area contributed by atoms with E-state index in [0.717, 1.165) is 0 Å². The third-order valence-electron chi connectivity index (χ3n) is 5.39. The number of hydrogen-bond acceptors (Lipinski definition) is 4. The molecular formula is C27H20Cl3FN2O4S. The number of sulfonamides is 1. The van der Waals surface area contributed by atoms with E-state index in [1.807, 2.05) is 0 Å². The minimum atomic E-state index is -4.08. The maximum atomic E-state index is 14.0. The van der Waals surface area contributed by atoms with Crippen molar-refractivity contribution in [3.8, 4) is 11.5 Å². The lowest BCUT2D eigenvalue weighted by Gasteiger charge is -2.14. The molecule has 0 bridgehead atoms. The molecule has 0 heterocycles. The van der Waals surface area contributed by atoms with Crippen LogP contribution in [0.15, 0.2) is 89.8 Å². The van der Waals surface area contributed by atoms with Crippen molar-refractivity contribution in [3.63, 3.8) is 0 Å². The van der Waals surface area contributed by atoms with Crippen LogP contribution in [0, 0.1) is 5.82 Å². The van der Waals surface area contributed by atoms with E-state index >= 15 is 0 Å². The van der Waals surface area contributed by atoms with Crippen molar-refractivity contribution in [2.24, 2.45) is 0 Å². The van der Waals surface area contributed by atoms with Crippen LogP contribution in [0.1, 0.15) is 15.9 Å². The number of carbonyl (C=O) groups excluding carboxylic acids is 1. The monoisotopic (exact) mass is 592 g/mol. The molecule has 4 aromatic carbocycles. The third kappa shape index (κ3) is 6.76. The molecule has 4 aromatic rings. The van der Waals surface area contributed by atoms with Crippen molar-refractivity contribution in [2.45, 2.75) is 11.3 Å². The standard InChI is InChI=1S/C27H20Cl3FN2O4S/c28-17-8-13-25(21(16-17)27(34)32-15-14-20-22(29)5-3-6-24(20)31)33-38(35,36)19-11-9-18(10-12-19)37-26-7-2-1-4-23(26)30/h1-13,16,33H,14-15H2,(H,32,34). The second-order valence-corrected chi connectivity index (χ2v) is 10.9. The normalized spacial score (nSPS) is 11.2. The van der Waals surface area contributed by atoms with E-state index in [-0.39, 0.29) is 44.7 Å². The number of hydrogen-bond donors (Lipinski definition) is 2. The molecular weight excluding hydrogens is 574 g/mol. The van der Waals surface area contributed by atoms with Gasteiger partial charge in [-0.3, -0.25) is 9.52 Å². The van der Waals surface area contributed by atoms with E-state index in [4.69, 9.17) is 39.5 Å². The van der Waals surface area contributed by atoms with Gasteiger partial charge < -0.3 is 10.1 Å². The molecule has 0 atom stereocenters. The van der Waals surface area contributed by atoms with Crippen LogP contribution in [0.25, 0.3) is 0 Å². The molecule has 196 valence electrons. The summed E-state index contributed by atoms with van der Waals surface area (Å²) in [5, 5.41) is 3.54. The van der Waals surface area contributed by atoms with Crippen molar-refractivity contribution in [2.75, 3.05) is 11.3 Å². The molecule has 0 saturated carbocycles. The molecule has 11 heteroatoms. The van der Waals surface area contributed by atoms with Crippen LogP contribution >= 0.6 is 34.8 Å². The molecule has 0 aliphatic rings. The van der Waals surface area contributed by atoms with Gasteiger partial charge in [-0.1, -0.05) is 53.0 Å². The molecule has 38 heavy (non-hydrogen) atoms. The van der Waals surface area contributed by atoms with Gasteiger partial charge in [-0.2, -0.15) is 0 Å². The van der Waals surface area contributed by atoms with Crippen molar-refractivity contribution in [1.29, 1.82) is 0 Å². The molecule has 1 amide bonds. The van der Waals surface area contributed by atoms with E-state index in [1.54, 1.807) is 30.3 Å². The highest BCUT2D eigenvalue weighted by Gasteiger charge is 2.20. The van der Waals surface area contributed by atoms with E-state index in [0.29, 0.717) is 16.5 Å². The lowest BCUT2D eigenvalue weighted by molar-refractivity contribution is 0.0955. The zero-order valence-corrected chi connectivity index (χ0v) is 22.6. The SMILES string of the molecule is O=C(NCCc1c(F)cccc1Cl)c1cc(Cl)ccc1NS(=O)(=O)c1ccc(Oc2ccccc2Cl)cc1. The van der Waals surface area contributed by atoms with Gasteiger partial charge in [0.2, 0.25) is 0 Å². The lowest BCUT2D eigenvalue weighted by atomic mass is 10.1. The highest BCUT2D eigenvalue weighted by atomic mass is 35.5. The minimum absolute atomic E-state index is 0.000575. The Morgan fingerprint density at radius 1 is 0.868 bits per heavy atom. The number of ether oxygens (including phenoxy) is 1. The molecule has 6 nitrogen and oxygen atoms in total. The number of para-hydroxylation sites is 1. The Kier molecular flexibility index (Phi) is 8.79. The van der Waals surface area contributed by atoms with Gasteiger partial charge in [0.05, 0.1) is 21.2 Å². The van der Waals surface area contributed by atoms with Crippen LogP contribution in [0.2, 0.25) is 15.1 Å². The van der Waals surface area contributed by atoms with Crippen LogP contribution in [0.5, 0.6) is 11.5 Å². The van der Waals surface area contributed by atoms with Gasteiger partial charge in [-0.15, -0.1) is 0 Å². The Labute approximate surface area is 234 Å². The number of halogens is 4. The highest BCUT2D eigenvalue weighted by molar-refractivity contribution is 7.92. The summed E-state index contributed by atoms with van der Waals surface area (Å²) in [7, 11) is -4.08. The molecule has 0 unspecified atom stereocenters. The summed E-state index contributed by atoms with van der Waals surface area (Å²) >= 11 is 18.2. The van der Waals surface area contributed by atoms with Gasteiger partial charge in [-0.25, -0.2) is 12.8 Å². The third-order valence-corrected chi connectivity index (χ3v) is 7.67. The molecule has 0 aromatic heterocycles. The van der Waals surface area contributed by atoms with Crippen molar-refractivity contribution in [1.82, 2.24) is 5.32 Å². The van der Waals surface area contributed by atoms with Gasteiger partial charge >= 0.3 is 0 Å². The first kappa shape index (κ1) is 27.7. The van der Waals surface area contributed by atoms with E-state index < -0.39 is 21.7 Å². The molecule has 2 N–H and O–H groups in total. The summed E-state index contributed by atoms with van der Waals surface area (Å²) in [5.74, 6) is -0.261. The molecule has 0 spiro atoms. The maximum Gasteiger partial charge on any atom is 0.261 e. The van der Waals surface area contributed by atoms with Crippen LogP contribution in [-0.4, -0.2) is 20.9 Å². The van der Waals surface area contributed by atoms with Crippen LogP contribution in [0.3, 0.4) is 0 Å². The second-order valence-electron chi connectivity index (χ2n) is 8.01. The summed E-state index contributed by atoms with van der Waals surface area (Å²) in [6.45, 7) is 0.0606. The Morgan fingerprint density at radius 3 is 2.29 bits per heavy atom. The molecule has 0 aliphatic heterocycles. The van der Waals surface area contributed by atoms with E-state index in [2.05, 4.69) is 10.0 Å². The van der Waals surface area contributed by atoms with Crippen LogP contribution in [-0.2, 0) is 16.4 Å². The Balaban J connectivity index is 1.47. The van der Waals surface area contributed by atoms with Gasteiger partial charge in [0.25, 0.3) is 15.9 Å². The topological polar surface area (TPSA) is 84.5 Å². The summed E-state index contributed by atoms with van der Waals surface area (Å²) in [5.41, 5.74) is 0.287. The fourth-order valence-electron chi connectivity index (χ4n) is 3.51. The van der Waals surface area contributed by atoms with Crippen molar-refractivity contribution in [3.05, 3.63) is 117 Å². The van der Waals surface area contributed by atoms with E-state index in [1.165, 1.54) is 54.6 Å². The van der Waals surface area contributed by atoms with Gasteiger partial charge in [0, 0.05) is 22.2 Å². The van der Waals surface area contributed by atoms with Gasteiger partial charge in [-0.05, 0) is 73.2 Å². The number of carbonyl (C=O) groups is 1. The van der Waals surface area contributed by atoms with Crippen LogP contribution in [0.4, 0.5) is 10.1 Å². The Morgan fingerprint density at radius 2 is 1.58 bits per heavy atom. The van der Waals surface area contributed by atoms with Gasteiger partial charge in [0.15, 0.2) is 0 Å².